The minimum atomic E-state index is -3.67. The first kappa shape index (κ1) is 17.1. The van der Waals surface area contributed by atoms with Gasteiger partial charge in [-0.3, -0.25) is 9.52 Å². The normalized spacial score (nSPS) is 29.0. The summed E-state index contributed by atoms with van der Waals surface area (Å²) in [5, 5.41) is 0.641. The Bertz CT molecular complexity index is 776. The van der Waals surface area contributed by atoms with Crippen molar-refractivity contribution in [2.45, 2.75) is 33.1 Å². The molecule has 23 heavy (non-hydrogen) atoms. The number of carbonyl (C=O) groups is 1. The molecule has 1 aromatic carbocycles. The van der Waals surface area contributed by atoms with Crippen LogP contribution in [0.4, 0.5) is 5.69 Å². The number of benzene rings is 1. The molecule has 2 aliphatic rings. The molecule has 1 N–H and O–H groups in total. The van der Waals surface area contributed by atoms with Crippen molar-refractivity contribution in [2.75, 3.05) is 10.5 Å². The number of ketones is 1. The molecule has 0 aliphatic heterocycles. The van der Waals surface area contributed by atoms with Gasteiger partial charge in [0.05, 0.1) is 26.9 Å². The fourth-order valence-electron chi connectivity index (χ4n) is 4.21. The Hall–Kier alpha value is -0.780. The molecular formula is C16H19Cl2NO3S. The van der Waals surface area contributed by atoms with Crippen LogP contribution in [0.25, 0.3) is 0 Å². The van der Waals surface area contributed by atoms with E-state index >= 15 is 0 Å². The minimum absolute atomic E-state index is 0.0817. The predicted molar refractivity (Wildman–Crippen MR) is 92.4 cm³/mol. The number of nitrogens with one attached hydrogen (secondary N) is 1. The van der Waals surface area contributed by atoms with E-state index in [1.807, 2.05) is 13.8 Å². The van der Waals surface area contributed by atoms with Crippen molar-refractivity contribution in [3.63, 3.8) is 0 Å². The number of anilines is 1. The van der Waals surface area contributed by atoms with E-state index in [1.165, 1.54) is 12.1 Å². The first-order chi connectivity index (χ1) is 10.6. The maximum Gasteiger partial charge on any atom is 0.233 e. The minimum Gasteiger partial charge on any atom is -0.299 e. The van der Waals surface area contributed by atoms with Crippen molar-refractivity contribution in [3.05, 3.63) is 28.2 Å². The van der Waals surface area contributed by atoms with E-state index in [0.717, 1.165) is 6.42 Å². The molecule has 2 aliphatic carbocycles. The second-order valence-corrected chi connectivity index (χ2v) is 9.69. The lowest BCUT2D eigenvalue weighted by atomic mass is 9.70. The zero-order chi connectivity index (χ0) is 17.0. The van der Waals surface area contributed by atoms with Crippen molar-refractivity contribution in [2.24, 2.45) is 16.7 Å². The quantitative estimate of drug-likeness (QED) is 0.860. The van der Waals surface area contributed by atoms with Crippen LogP contribution < -0.4 is 4.72 Å². The molecule has 3 rings (SSSR count). The number of hydrogen-bond acceptors (Lipinski definition) is 3. The molecule has 1 aromatic rings. The molecule has 0 heterocycles. The number of sulfonamides is 1. The summed E-state index contributed by atoms with van der Waals surface area (Å²) < 4.78 is 27.8. The van der Waals surface area contributed by atoms with Gasteiger partial charge in [-0.25, -0.2) is 8.42 Å². The highest BCUT2D eigenvalue weighted by Gasteiger charge is 2.65. The maximum absolute atomic E-state index is 12.6. The van der Waals surface area contributed by atoms with E-state index in [-0.39, 0.29) is 27.9 Å². The van der Waals surface area contributed by atoms with Gasteiger partial charge in [0.2, 0.25) is 10.0 Å². The molecule has 7 heteroatoms. The number of carbonyl (C=O) groups excluding carboxylic acids is 1. The molecule has 0 spiro atoms. The van der Waals surface area contributed by atoms with Crippen LogP contribution in [0, 0.1) is 16.7 Å². The van der Waals surface area contributed by atoms with Crippen LogP contribution in [0.3, 0.4) is 0 Å². The zero-order valence-corrected chi connectivity index (χ0v) is 15.4. The average molecular weight is 376 g/mol. The molecule has 2 unspecified atom stereocenters. The standard InChI is InChI=1S/C16H19Cl2NO3S/c1-15(2)10-5-6-16(15,14(20)7-10)9-23(21,22)19-11-3-4-12(17)13(18)8-11/h3-4,8,10,19H,5-7,9H2,1-2H3. The average Bonchev–Trinajstić information content (AvgIpc) is 2.76. The number of halogens is 2. The molecule has 2 atom stereocenters. The van der Waals surface area contributed by atoms with Crippen LogP contribution in [0.5, 0.6) is 0 Å². The van der Waals surface area contributed by atoms with Gasteiger partial charge in [-0.15, -0.1) is 0 Å². The van der Waals surface area contributed by atoms with Crippen LogP contribution in [0.15, 0.2) is 18.2 Å². The van der Waals surface area contributed by atoms with Crippen molar-refractivity contribution in [1.82, 2.24) is 0 Å². The Morgan fingerprint density at radius 2 is 1.96 bits per heavy atom. The molecule has 0 saturated heterocycles. The molecular weight excluding hydrogens is 357 g/mol. The lowest BCUT2D eigenvalue weighted by molar-refractivity contribution is -0.128. The summed E-state index contributed by atoms with van der Waals surface area (Å²) >= 11 is 11.8. The first-order valence-corrected chi connectivity index (χ1v) is 9.97. The third kappa shape index (κ3) is 2.67. The van der Waals surface area contributed by atoms with Gasteiger partial charge in [-0.05, 0) is 42.4 Å². The lowest BCUT2D eigenvalue weighted by Crippen LogP contribution is -2.43. The van der Waals surface area contributed by atoms with Crippen molar-refractivity contribution < 1.29 is 13.2 Å². The highest BCUT2D eigenvalue weighted by atomic mass is 35.5. The molecule has 126 valence electrons. The van der Waals surface area contributed by atoms with Crippen LogP contribution in [0.1, 0.15) is 33.1 Å². The fourth-order valence-corrected chi connectivity index (χ4v) is 6.39. The summed E-state index contributed by atoms with van der Waals surface area (Å²) in [6.45, 7) is 4.04. The lowest BCUT2D eigenvalue weighted by Gasteiger charge is -2.36. The smallest absolute Gasteiger partial charge is 0.233 e. The van der Waals surface area contributed by atoms with Gasteiger partial charge < -0.3 is 0 Å². The van der Waals surface area contributed by atoms with Gasteiger partial charge in [0.1, 0.15) is 5.78 Å². The molecule has 0 radical (unpaired) electrons. The van der Waals surface area contributed by atoms with Crippen LogP contribution in [-0.2, 0) is 14.8 Å². The summed E-state index contributed by atoms with van der Waals surface area (Å²) in [6, 6.07) is 4.57. The fraction of sp³-hybridized carbons (Fsp3) is 0.562. The summed E-state index contributed by atoms with van der Waals surface area (Å²) in [7, 11) is -3.67. The number of hydrogen-bond donors (Lipinski definition) is 1. The number of rotatable bonds is 4. The zero-order valence-electron chi connectivity index (χ0n) is 13.0. The van der Waals surface area contributed by atoms with E-state index in [4.69, 9.17) is 23.2 Å². The molecule has 4 nitrogen and oxygen atoms in total. The molecule has 0 amide bonds. The molecule has 2 fully saturated rings. The third-order valence-electron chi connectivity index (χ3n) is 5.77. The summed E-state index contributed by atoms with van der Waals surface area (Å²) in [5.74, 6) is 0.191. The Balaban J connectivity index is 1.86. The summed E-state index contributed by atoms with van der Waals surface area (Å²) in [4.78, 5) is 12.5. The van der Waals surface area contributed by atoms with Crippen molar-refractivity contribution in [1.29, 1.82) is 0 Å². The van der Waals surface area contributed by atoms with Gasteiger partial charge in [0.15, 0.2) is 0 Å². The van der Waals surface area contributed by atoms with Crippen molar-refractivity contribution in [3.8, 4) is 0 Å². The predicted octanol–water partition coefficient (Wildman–Crippen LogP) is 4.13. The highest BCUT2D eigenvalue weighted by Crippen LogP contribution is 2.64. The largest absolute Gasteiger partial charge is 0.299 e. The number of Topliss-reactive ketones (excluding diaryl/α,β-unsaturated/α-hetero) is 1. The number of fused-ring (bicyclic) bond motifs is 2. The van der Waals surface area contributed by atoms with Gasteiger partial charge in [0.25, 0.3) is 0 Å². The SMILES string of the molecule is CC1(C)C2CCC1(CS(=O)(=O)Nc1ccc(Cl)c(Cl)c1)C(=O)C2. The van der Waals surface area contributed by atoms with Crippen LogP contribution in [0.2, 0.25) is 10.0 Å². The Labute approximate surface area is 146 Å². The molecule has 0 aromatic heterocycles. The van der Waals surface area contributed by atoms with Gasteiger partial charge in [-0.1, -0.05) is 37.0 Å². The maximum atomic E-state index is 12.6. The van der Waals surface area contributed by atoms with Gasteiger partial charge in [-0.2, -0.15) is 0 Å². The Kier molecular flexibility index (Phi) is 3.98. The highest BCUT2D eigenvalue weighted by molar-refractivity contribution is 7.92. The van der Waals surface area contributed by atoms with Gasteiger partial charge >= 0.3 is 0 Å². The molecule has 2 saturated carbocycles. The second kappa shape index (κ2) is 5.36. The van der Waals surface area contributed by atoms with Crippen LogP contribution >= 0.6 is 23.2 Å². The van der Waals surface area contributed by atoms with Crippen molar-refractivity contribution >= 4 is 44.7 Å². The van der Waals surface area contributed by atoms with E-state index in [1.54, 1.807) is 6.07 Å². The van der Waals surface area contributed by atoms with E-state index in [0.29, 0.717) is 23.6 Å². The second-order valence-electron chi connectivity index (χ2n) is 7.16. The first-order valence-electron chi connectivity index (χ1n) is 7.56. The summed E-state index contributed by atoms with van der Waals surface area (Å²) in [5.41, 5.74) is -0.704. The Morgan fingerprint density at radius 3 is 2.48 bits per heavy atom. The van der Waals surface area contributed by atoms with E-state index in [2.05, 4.69) is 4.72 Å². The molecule has 2 bridgehead atoms. The van der Waals surface area contributed by atoms with Crippen LogP contribution in [-0.4, -0.2) is 20.0 Å². The van der Waals surface area contributed by atoms with E-state index < -0.39 is 15.4 Å². The van der Waals surface area contributed by atoms with Gasteiger partial charge in [0, 0.05) is 6.42 Å². The third-order valence-corrected chi connectivity index (χ3v) is 7.93. The Morgan fingerprint density at radius 1 is 1.26 bits per heavy atom. The monoisotopic (exact) mass is 375 g/mol. The summed E-state index contributed by atoms with van der Waals surface area (Å²) in [6.07, 6.45) is 2.06. The van der Waals surface area contributed by atoms with E-state index in [9.17, 15) is 13.2 Å². The topological polar surface area (TPSA) is 63.2 Å².